The van der Waals surface area contributed by atoms with Crippen LogP contribution in [-0.4, -0.2) is 37.9 Å². The molecule has 0 aliphatic heterocycles. The molecule has 5 heteroatoms. The van der Waals surface area contributed by atoms with Crippen LogP contribution in [0.2, 0.25) is 0 Å². The Morgan fingerprint density at radius 3 is 0.914 bits per heavy atom. The van der Waals surface area contributed by atoms with Crippen molar-refractivity contribution in [1.29, 1.82) is 0 Å². The maximum absolute atomic E-state index is 12.6. The molecule has 0 aliphatic carbocycles. The van der Waals surface area contributed by atoms with Gasteiger partial charge in [-0.15, -0.1) is 0 Å². The van der Waals surface area contributed by atoms with Gasteiger partial charge >= 0.3 is 11.9 Å². The third-order valence-corrected chi connectivity index (χ3v) is 11.8. The zero-order valence-electron chi connectivity index (χ0n) is 39.6. The van der Waals surface area contributed by atoms with Crippen LogP contribution in [0.4, 0.5) is 0 Å². The first-order chi connectivity index (χ1) is 28.6. The normalized spacial score (nSPS) is 11.7. The van der Waals surface area contributed by atoms with Gasteiger partial charge in [-0.2, -0.15) is 0 Å². The molecule has 344 valence electrons. The molecule has 0 aromatic heterocycles. The van der Waals surface area contributed by atoms with Gasteiger partial charge in [-0.1, -0.05) is 245 Å². The fourth-order valence-electron chi connectivity index (χ4n) is 7.83. The minimum absolute atomic E-state index is 0.160. The van der Waals surface area contributed by atoms with Crippen molar-refractivity contribution < 1.29 is 23.8 Å². The van der Waals surface area contributed by atoms with Crippen molar-refractivity contribution in [3.8, 4) is 0 Å². The van der Waals surface area contributed by atoms with Gasteiger partial charge < -0.3 is 14.2 Å². The molecule has 0 fully saturated rings. The number of ether oxygens (including phenoxy) is 3. The Morgan fingerprint density at radius 2 is 0.603 bits per heavy atom. The zero-order chi connectivity index (χ0) is 42.1. The van der Waals surface area contributed by atoms with E-state index in [-0.39, 0.29) is 25.2 Å². The molecule has 0 saturated carbocycles. The lowest BCUT2D eigenvalue weighted by atomic mass is 10.0. The first-order valence-electron chi connectivity index (χ1n) is 26.2. The van der Waals surface area contributed by atoms with Crippen LogP contribution in [0.1, 0.15) is 290 Å². The van der Waals surface area contributed by atoms with Crippen LogP contribution in [0, 0.1) is 0 Å². The van der Waals surface area contributed by atoms with Crippen molar-refractivity contribution in [3.63, 3.8) is 0 Å². The van der Waals surface area contributed by atoms with Gasteiger partial charge in [-0.3, -0.25) is 9.59 Å². The molecule has 0 heterocycles. The lowest BCUT2D eigenvalue weighted by Gasteiger charge is -2.18. The van der Waals surface area contributed by atoms with E-state index < -0.39 is 6.10 Å². The number of carbonyl (C=O) groups excluding carboxylic acids is 2. The number of allylic oxidation sites excluding steroid dienone is 2. The number of unbranched alkanes of at least 4 members (excludes halogenated alkanes) is 36. The molecule has 58 heavy (non-hydrogen) atoms. The highest BCUT2D eigenvalue weighted by Crippen LogP contribution is 2.16. The summed E-state index contributed by atoms with van der Waals surface area (Å²) in [5.74, 6) is -0.320. The van der Waals surface area contributed by atoms with Crippen LogP contribution in [-0.2, 0) is 23.8 Å². The molecule has 5 nitrogen and oxygen atoms in total. The van der Waals surface area contributed by atoms with Gasteiger partial charge in [-0.05, 0) is 44.9 Å². The summed E-state index contributed by atoms with van der Waals surface area (Å²) in [7, 11) is 0. The van der Waals surface area contributed by atoms with Gasteiger partial charge in [0.2, 0.25) is 0 Å². The first-order valence-corrected chi connectivity index (χ1v) is 26.2. The van der Waals surface area contributed by atoms with E-state index in [9.17, 15) is 9.59 Å². The average molecular weight is 819 g/mol. The van der Waals surface area contributed by atoms with Crippen molar-refractivity contribution in [2.75, 3.05) is 19.8 Å². The van der Waals surface area contributed by atoms with E-state index in [0.29, 0.717) is 19.4 Å². The second-order valence-electron chi connectivity index (χ2n) is 17.8. The molecule has 0 bridgehead atoms. The molecule has 0 aromatic rings. The largest absolute Gasteiger partial charge is 0.463 e. The maximum Gasteiger partial charge on any atom is 0.305 e. The van der Waals surface area contributed by atoms with E-state index in [2.05, 4.69) is 32.9 Å². The van der Waals surface area contributed by atoms with Crippen molar-refractivity contribution in [1.82, 2.24) is 0 Å². The summed E-state index contributed by atoms with van der Waals surface area (Å²) in [4.78, 5) is 25.2. The molecule has 0 N–H and O–H groups in total. The van der Waals surface area contributed by atoms with E-state index in [0.717, 1.165) is 38.5 Å². The van der Waals surface area contributed by atoms with Crippen LogP contribution in [0.3, 0.4) is 0 Å². The van der Waals surface area contributed by atoms with Gasteiger partial charge in [0.15, 0.2) is 0 Å². The van der Waals surface area contributed by atoms with Crippen LogP contribution >= 0.6 is 0 Å². The highest BCUT2D eigenvalue weighted by atomic mass is 16.6. The molecule has 0 aromatic carbocycles. The number of carbonyl (C=O) groups is 2. The third kappa shape index (κ3) is 47.3. The van der Waals surface area contributed by atoms with Gasteiger partial charge in [0.25, 0.3) is 0 Å². The highest BCUT2D eigenvalue weighted by molar-refractivity contribution is 5.69. The molecule has 0 spiro atoms. The summed E-state index contributed by atoms with van der Waals surface area (Å²) in [5, 5.41) is 0. The summed E-state index contributed by atoms with van der Waals surface area (Å²) < 4.78 is 17.4. The minimum atomic E-state index is -0.394. The molecule has 0 radical (unpaired) electrons. The predicted octanol–water partition coefficient (Wildman–Crippen LogP) is 17.5. The second-order valence-corrected chi connectivity index (χ2v) is 17.8. The zero-order valence-corrected chi connectivity index (χ0v) is 39.6. The minimum Gasteiger partial charge on any atom is -0.463 e. The van der Waals surface area contributed by atoms with E-state index in [1.54, 1.807) is 0 Å². The van der Waals surface area contributed by atoms with Crippen LogP contribution in [0.25, 0.3) is 0 Å². The molecular formula is C53H102O5. The van der Waals surface area contributed by atoms with Crippen LogP contribution in [0.15, 0.2) is 12.2 Å². The molecular weight excluding hydrogens is 717 g/mol. The number of hydrogen-bond acceptors (Lipinski definition) is 5. The Bertz CT molecular complexity index is 794. The highest BCUT2D eigenvalue weighted by Gasteiger charge is 2.16. The Hall–Kier alpha value is -1.36. The fourth-order valence-corrected chi connectivity index (χ4v) is 7.83. The standard InChI is InChI=1S/C53H102O5/c1-4-7-10-13-16-19-22-25-26-27-30-33-36-39-42-45-48-56-51(49-57-52(54)46-43-40-37-34-31-28-23-20-17-14-11-8-5-2)50-58-53(55)47-44-41-38-35-32-29-24-21-18-15-12-9-6-3/h25-26,51H,4-24,27-50H2,1-3H3. The van der Waals surface area contributed by atoms with E-state index in [1.165, 1.54) is 218 Å². The van der Waals surface area contributed by atoms with Crippen molar-refractivity contribution in [2.45, 2.75) is 297 Å². The molecule has 0 rings (SSSR count). The predicted molar refractivity (Wildman–Crippen MR) is 252 cm³/mol. The molecule has 0 aliphatic rings. The summed E-state index contributed by atoms with van der Waals surface area (Å²) in [6.45, 7) is 7.76. The quantitative estimate of drug-likeness (QED) is 0.0348. The molecule has 0 amide bonds. The monoisotopic (exact) mass is 819 g/mol. The van der Waals surface area contributed by atoms with Gasteiger partial charge in [-0.25, -0.2) is 0 Å². The van der Waals surface area contributed by atoms with E-state index >= 15 is 0 Å². The Labute approximate surface area is 363 Å². The summed E-state index contributed by atoms with van der Waals surface area (Å²) in [6.07, 6.45) is 56.6. The first kappa shape index (κ1) is 56.6. The SMILES string of the molecule is CCCCCCCCC=CCCCCCCCCOC(COC(=O)CCCCCCCCCCCCCCC)COC(=O)CCCCCCCCCCCCCCC. The fraction of sp³-hybridized carbons (Fsp3) is 0.925. The lowest BCUT2D eigenvalue weighted by molar-refractivity contribution is -0.155. The van der Waals surface area contributed by atoms with Crippen molar-refractivity contribution >= 4 is 11.9 Å². The molecule has 0 unspecified atom stereocenters. The number of esters is 2. The smallest absolute Gasteiger partial charge is 0.305 e. The third-order valence-electron chi connectivity index (χ3n) is 11.8. The second kappa shape index (κ2) is 50.0. The van der Waals surface area contributed by atoms with Crippen LogP contribution < -0.4 is 0 Å². The average Bonchev–Trinajstić information content (AvgIpc) is 3.23. The number of rotatable bonds is 49. The van der Waals surface area contributed by atoms with Gasteiger partial charge in [0.05, 0.1) is 0 Å². The van der Waals surface area contributed by atoms with Crippen LogP contribution in [0.5, 0.6) is 0 Å². The number of hydrogen-bond donors (Lipinski definition) is 0. The summed E-state index contributed by atoms with van der Waals surface area (Å²) in [5.41, 5.74) is 0. The van der Waals surface area contributed by atoms with Crippen molar-refractivity contribution in [3.05, 3.63) is 12.2 Å². The molecule has 0 atom stereocenters. The topological polar surface area (TPSA) is 61.8 Å². The summed E-state index contributed by atoms with van der Waals surface area (Å²) in [6, 6.07) is 0. The Kier molecular flexibility index (Phi) is 48.8. The molecule has 0 saturated heterocycles. The van der Waals surface area contributed by atoms with E-state index in [4.69, 9.17) is 14.2 Å². The lowest BCUT2D eigenvalue weighted by Crippen LogP contribution is -2.29. The van der Waals surface area contributed by atoms with Gasteiger partial charge in [0.1, 0.15) is 19.3 Å². The Balaban J connectivity index is 4.21. The van der Waals surface area contributed by atoms with E-state index in [1.807, 2.05) is 0 Å². The maximum atomic E-state index is 12.6. The summed E-state index contributed by atoms with van der Waals surface area (Å²) >= 11 is 0. The van der Waals surface area contributed by atoms with Crippen molar-refractivity contribution in [2.24, 2.45) is 0 Å². The Morgan fingerprint density at radius 1 is 0.345 bits per heavy atom. The van der Waals surface area contributed by atoms with Gasteiger partial charge in [0, 0.05) is 19.4 Å².